The number of hydrogen-bond acceptors (Lipinski definition) is 3. The van der Waals surface area contributed by atoms with Crippen LogP contribution in [0.4, 0.5) is 26.7 Å². The molecule has 0 bridgehead atoms. The van der Waals surface area contributed by atoms with Gasteiger partial charge in [0.25, 0.3) is 0 Å². The van der Waals surface area contributed by atoms with Crippen LogP contribution in [0.25, 0.3) is 0 Å². The number of benzene rings is 2. The lowest BCUT2D eigenvalue weighted by atomic mass is 10.3. The SMILES string of the molecule is NC(=O)N(c1ccccc1)N(C(=O)Nc1ccccc1)c1ccnc(Cl)c1. The van der Waals surface area contributed by atoms with E-state index in [0.29, 0.717) is 17.1 Å². The van der Waals surface area contributed by atoms with E-state index in [4.69, 9.17) is 17.3 Å². The van der Waals surface area contributed by atoms with E-state index in [2.05, 4.69) is 10.3 Å². The van der Waals surface area contributed by atoms with Gasteiger partial charge in [-0.05, 0) is 30.3 Å². The number of carbonyl (C=O) groups excluding carboxylic acids is 2. The number of nitrogens with one attached hydrogen (secondary N) is 1. The van der Waals surface area contributed by atoms with Crippen LogP contribution < -0.4 is 21.1 Å². The highest BCUT2D eigenvalue weighted by molar-refractivity contribution is 6.29. The first-order valence-electron chi connectivity index (χ1n) is 7.98. The molecule has 3 N–H and O–H groups in total. The summed E-state index contributed by atoms with van der Waals surface area (Å²) in [4.78, 5) is 29.2. The summed E-state index contributed by atoms with van der Waals surface area (Å²) in [6.45, 7) is 0. The third-order valence-corrected chi connectivity index (χ3v) is 3.79. The van der Waals surface area contributed by atoms with Crippen LogP contribution in [0.2, 0.25) is 5.15 Å². The molecule has 8 heteroatoms. The summed E-state index contributed by atoms with van der Waals surface area (Å²) in [5, 5.41) is 5.08. The fraction of sp³-hybridized carbons (Fsp3) is 0. The lowest BCUT2D eigenvalue weighted by molar-refractivity contribution is 0.246. The third kappa shape index (κ3) is 4.34. The zero-order valence-corrected chi connectivity index (χ0v) is 14.9. The van der Waals surface area contributed by atoms with E-state index >= 15 is 0 Å². The van der Waals surface area contributed by atoms with Crippen molar-refractivity contribution in [3.05, 3.63) is 84.1 Å². The lowest BCUT2D eigenvalue weighted by Gasteiger charge is -2.33. The van der Waals surface area contributed by atoms with Crippen LogP contribution in [0, 0.1) is 0 Å². The third-order valence-electron chi connectivity index (χ3n) is 3.58. The number of rotatable bonds is 3. The number of nitrogens with zero attached hydrogens (tertiary/aromatic N) is 3. The maximum Gasteiger partial charge on any atom is 0.345 e. The molecular weight excluding hydrogens is 366 g/mol. The Hall–Kier alpha value is -3.58. The van der Waals surface area contributed by atoms with Crippen molar-refractivity contribution in [3.63, 3.8) is 0 Å². The number of amides is 4. The number of aromatic nitrogens is 1. The van der Waals surface area contributed by atoms with E-state index in [1.807, 2.05) is 6.07 Å². The summed E-state index contributed by atoms with van der Waals surface area (Å²) >= 11 is 5.98. The van der Waals surface area contributed by atoms with Crippen molar-refractivity contribution in [2.24, 2.45) is 5.73 Å². The van der Waals surface area contributed by atoms with Crippen molar-refractivity contribution < 1.29 is 9.59 Å². The molecule has 0 fully saturated rings. The number of carbonyl (C=O) groups is 2. The molecule has 0 aliphatic heterocycles. The van der Waals surface area contributed by atoms with Crippen LogP contribution in [0.3, 0.4) is 0 Å². The Bertz CT molecular complexity index is 937. The molecule has 0 aliphatic rings. The summed E-state index contributed by atoms with van der Waals surface area (Å²) in [5.74, 6) is 0. The number of anilines is 3. The van der Waals surface area contributed by atoms with Crippen molar-refractivity contribution in [1.82, 2.24) is 4.98 Å². The minimum Gasteiger partial charge on any atom is -0.350 e. The molecule has 2 aromatic carbocycles. The van der Waals surface area contributed by atoms with Gasteiger partial charge in [0.2, 0.25) is 0 Å². The van der Waals surface area contributed by atoms with Crippen LogP contribution in [0.1, 0.15) is 0 Å². The molecular formula is C19H16ClN5O2. The first-order valence-corrected chi connectivity index (χ1v) is 8.36. The predicted octanol–water partition coefficient (Wildman–Crippen LogP) is 4.27. The lowest BCUT2D eigenvalue weighted by Crippen LogP contribution is -2.54. The zero-order valence-electron chi connectivity index (χ0n) is 14.1. The van der Waals surface area contributed by atoms with Gasteiger partial charge in [-0.25, -0.2) is 14.6 Å². The van der Waals surface area contributed by atoms with E-state index in [1.165, 1.54) is 12.3 Å². The second-order valence-corrected chi connectivity index (χ2v) is 5.82. The molecule has 136 valence electrons. The fourth-order valence-electron chi connectivity index (χ4n) is 2.46. The fourth-order valence-corrected chi connectivity index (χ4v) is 2.62. The van der Waals surface area contributed by atoms with E-state index in [0.717, 1.165) is 10.0 Å². The van der Waals surface area contributed by atoms with Gasteiger partial charge >= 0.3 is 12.1 Å². The number of primary amides is 1. The molecule has 0 radical (unpaired) electrons. The first-order chi connectivity index (χ1) is 13.1. The van der Waals surface area contributed by atoms with Crippen molar-refractivity contribution in [2.45, 2.75) is 0 Å². The van der Waals surface area contributed by atoms with Gasteiger partial charge in [0.05, 0.1) is 11.4 Å². The molecule has 1 heterocycles. The normalized spacial score (nSPS) is 10.1. The average Bonchev–Trinajstić information content (AvgIpc) is 2.67. The van der Waals surface area contributed by atoms with Gasteiger partial charge in [0.1, 0.15) is 5.15 Å². The van der Waals surface area contributed by atoms with E-state index in [-0.39, 0.29) is 5.15 Å². The van der Waals surface area contributed by atoms with Gasteiger partial charge in [0.15, 0.2) is 0 Å². The number of urea groups is 2. The second-order valence-electron chi connectivity index (χ2n) is 5.43. The Morgan fingerprint density at radius 2 is 1.52 bits per heavy atom. The highest BCUT2D eigenvalue weighted by atomic mass is 35.5. The smallest absolute Gasteiger partial charge is 0.345 e. The van der Waals surface area contributed by atoms with E-state index in [9.17, 15) is 9.59 Å². The average molecular weight is 382 g/mol. The molecule has 0 unspecified atom stereocenters. The largest absolute Gasteiger partial charge is 0.350 e. The van der Waals surface area contributed by atoms with Crippen molar-refractivity contribution in [2.75, 3.05) is 15.3 Å². The molecule has 3 rings (SSSR count). The number of hydrazine groups is 1. The van der Waals surface area contributed by atoms with Gasteiger partial charge in [-0.1, -0.05) is 48.0 Å². The molecule has 0 saturated heterocycles. The molecule has 0 saturated carbocycles. The highest BCUT2D eigenvalue weighted by Crippen LogP contribution is 2.25. The maximum atomic E-state index is 13.0. The van der Waals surface area contributed by atoms with Crippen LogP contribution in [0.15, 0.2) is 79.0 Å². The van der Waals surface area contributed by atoms with Gasteiger partial charge in [-0.2, -0.15) is 10.0 Å². The molecule has 7 nitrogen and oxygen atoms in total. The molecule has 0 aliphatic carbocycles. The minimum atomic E-state index is -0.836. The first kappa shape index (κ1) is 18.2. The standard InChI is InChI=1S/C19H16ClN5O2/c20-17-13-16(11-12-22-17)25(19(27)23-14-7-3-1-4-8-14)24(18(21)26)15-9-5-2-6-10-15/h1-13H,(H2,21,26)(H,23,27). The molecule has 0 spiro atoms. The van der Waals surface area contributed by atoms with Gasteiger partial charge < -0.3 is 11.1 Å². The van der Waals surface area contributed by atoms with Crippen molar-refractivity contribution in [1.29, 1.82) is 0 Å². The monoisotopic (exact) mass is 381 g/mol. The van der Waals surface area contributed by atoms with Crippen LogP contribution in [-0.2, 0) is 0 Å². The van der Waals surface area contributed by atoms with Crippen molar-refractivity contribution >= 4 is 40.7 Å². The Kier molecular flexibility index (Phi) is 5.53. The Labute approximate surface area is 161 Å². The van der Waals surface area contributed by atoms with Crippen molar-refractivity contribution in [3.8, 4) is 0 Å². The van der Waals surface area contributed by atoms with Gasteiger partial charge in [-0.3, -0.25) is 0 Å². The van der Waals surface area contributed by atoms with E-state index in [1.54, 1.807) is 60.7 Å². The molecule has 27 heavy (non-hydrogen) atoms. The summed E-state index contributed by atoms with van der Waals surface area (Å²) in [6, 6.07) is 19.0. The number of para-hydroxylation sites is 2. The number of hydrogen-bond donors (Lipinski definition) is 2. The van der Waals surface area contributed by atoms with Gasteiger partial charge in [-0.15, -0.1) is 0 Å². The van der Waals surface area contributed by atoms with Crippen LogP contribution in [-0.4, -0.2) is 17.0 Å². The highest BCUT2D eigenvalue weighted by Gasteiger charge is 2.28. The molecule has 4 amide bonds. The quantitative estimate of drug-likeness (QED) is 0.524. The Balaban J connectivity index is 2.06. The maximum absolute atomic E-state index is 13.0. The van der Waals surface area contributed by atoms with Gasteiger partial charge in [0, 0.05) is 18.0 Å². The summed E-state index contributed by atoms with van der Waals surface area (Å²) in [5.41, 5.74) is 6.90. The van der Waals surface area contributed by atoms with Crippen LogP contribution >= 0.6 is 11.6 Å². The summed E-state index contributed by atoms with van der Waals surface area (Å²) < 4.78 is 0. The Morgan fingerprint density at radius 3 is 2.11 bits per heavy atom. The number of nitrogens with two attached hydrogens (primary N) is 1. The Morgan fingerprint density at radius 1 is 0.889 bits per heavy atom. The zero-order chi connectivity index (χ0) is 19.2. The molecule has 1 aromatic heterocycles. The minimum absolute atomic E-state index is 0.169. The summed E-state index contributed by atoms with van der Waals surface area (Å²) in [6.07, 6.45) is 1.44. The van der Waals surface area contributed by atoms with E-state index < -0.39 is 12.1 Å². The molecule has 3 aromatic rings. The second kappa shape index (κ2) is 8.20. The van der Waals surface area contributed by atoms with Crippen LogP contribution in [0.5, 0.6) is 0 Å². The topological polar surface area (TPSA) is 91.6 Å². The predicted molar refractivity (Wildman–Crippen MR) is 106 cm³/mol. The molecule has 0 atom stereocenters. The number of halogens is 1. The number of pyridine rings is 1. The summed E-state index contributed by atoms with van der Waals surface area (Å²) in [7, 11) is 0.